The molecule has 0 spiro atoms. The van der Waals surface area contributed by atoms with Gasteiger partial charge in [0.05, 0.1) is 12.9 Å². The molecule has 0 aliphatic heterocycles. The SMILES string of the molecule is C=CC.CCCS(=O)(=O)OOC.[Mg]. The monoisotopic (exact) mass is 220 g/mol. The van der Waals surface area contributed by atoms with Crippen molar-refractivity contribution in [1.29, 1.82) is 0 Å². The van der Waals surface area contributed by atoms with E-state index in [9.17, 15) is 8.42 Å². The van der Waals surface area contributed by atoms with Crippen molar-refractivity contribution in [2.75, 3.05) is 12.9 Å². The first-order valence-corrected chi connectivity index (χ1v) is 5.13. The zero-order valence-corrected chi connectivity index (χ0v) is 10.7. The predicted molar refractivity (Wildman–Crippen MR) is 53.8 cm³/mol. The molecular weight excluding hydrogens is 204 g/mol. The molecule has 0 N–H and O–H groups in total. The van der Waals surface area contributed by atoms with Gasteiger partial charge < -0.3 is 0 Å². The van der Waals surface area contributed by atoms with Crippen molar-refractivity contribution in [3.63, 3.8) is 0 Å². The van der Waals surface area contributed by atoms with Crippen LogP contribution in [-0.4, -0.2) is 44.3 Å². The van der Waals surface area contributed by atoms with Crippen molar-refractivity contribution in [2.24, 2.45) is 0 Å². The van der Waals surface area contributed by atoms with Crippen LogP contribution in [0.4, 0.5) is 0 Å². The maximum atomic E-state index is 10.5. The van der Waals surface area contributed by atoms with E-state index in [0.717, 1.165) is 7.11 Å². The van der Waals surface area contributed by atoms with Gasteiger partial charge in [0.2, 0.25) is 0 Å². The van der Waals surface area contributed by atoms with E-state index in [1.54, 1.807) is 13.0 Å². The van der Waals surface area contributed by atoms with E-state index < -0.39 is 10.1 Å². The fraction of sp³-hybridized carbons (Fsp3) is 0.714. The molecule has 6 heteroatoms. The minimum Gasteiger partial charge on any atom is -0.223 e. The highest BCUT2D eigenvalue weighted by atomic mass is 32.2. The highest BCUT2D eigenvalue weighted by molar-refractivity contribution is 7.86. The summed E-state index contributed by atoms with van der Waals surface area (Å²) < 4.78 is 24.9. The number of rotatable bonds is 4. The summed E-state index contributed by atoms with van der Waals surface area (Å²) in [6.07, 6.45) is 2.28. The number of hydrogen-bond donors (Lipinski definition) is 0. The third kappa shape index (κ3) is 19.0. The lowest BCUT2D eigenvalue weighted by Gasteiger charge is -1.97. The Morgan fingerprint density at radius 3 is 2.08 bits per heavy atom. The van der Waals surface area contributed by atoms with E-state index >= 15 is 0 Å². The van der Waals surface area contributed by atoms with E-state index in [-0.39, 0.29) is 28.8 Å². The topological polar surface area (TPSA) is 52.6 Å². The summed E-state index contributed by atoms with van der Waals surface area (Å²) >= 11 is 0. The van der Waals surface area contributed by atoms with E-state index in [0.29, 0.717) is 6.42 Å². The maximum Gasteiger partial charge on any atom is 0.293 e. The first-order valence-electron chi connectivity index (χ1n) is 3.56. The van der Waals surface area contributed by atoms with Gasteiger partial charge in [-0.2, -0.15) is 8.42 Å². The molecular formula is C7H16MgO4S. The Bertz CT molecular complexity index is 177. The first kappa shape index (κ1) is 19.0. The molecule has 0 aliphatic carbocycles. The molecule has 4 nitrogen and oxygen atoms in total. The van der Waals surface area contributed by atoms with Crippen molar-refractivity contribution in [2.45, 2.75) is 20.3 Å². The van der Waals surface area contributed by atoms with E-state index in [2.05, 4.69) is 15.8 Å². The van der Waals surface area contributed by atoms with Gasteiger partial charge in [0.15, 0.2) is 0 Å². The van der Waals surface area contributed by atoms with Crippen LogP contribution in [0.5, 0.6) is 0 Å². The molecule has 0 bridgehead atoms. The second-order valence-electron chi connectivity index (χ2n) is 1.90. The molecule has 0 aromatic rings. The summed E-state index contributed by atoms with van der Waals surface area (Å²) in [4.78, 5) is 3.97. The first-order chi connectivity index (χ1) is 5.54. The molecule has 0 saturated heterocycles. The molecule has 0 atom stereocenters. The van der Waals surface area contributed by atoms with Gasteiger partial charge in [0, 0.05) is 23.1 Å². The van der Waals surface area contributed by atoms with Crippen LogP contribution in [0.2, 0.25) is 0 Å². The van der Waals surface area contributed by atoms with Gasteiger partial charge in [-0.15, -0.1) is 10.9 Å². The van der Waals surface area contributed by atoms with Gasteiger partial charge in [-0.05, 0) is 13.3 Å². The quantitative estimate of drug-likeness (QED) is 0.308. The normalized spacial score (nSPS) is 9.15. The van der Waals surface area contributed by atoms with Gasteiger partial charge in [-0.3, -0.25) is 0 Å². The molecule has 13 heavy (non-hydrogen) atoms. The van der Waals surface area contributed by atoms with Gasteiger partial charge in [-0.1, -0.05) is 13.0 Å². The Kier molecular flexibility index (Phi) is 18.1. The summed E-state index contributed by atoms with van der Waals surface area (Å²) in [6, 6.07) is 0. The van der Waals surface area contributed by atoms with Crippen LogP contribution < -0.4 is 0 Å². The fourth-order valence-electron chi connectivity index (χ4n) is 0.388. The third-order valence-corrected chi connectivity index (χ3v) is 1.88. The zero-order chi connectivity index (χ0) is 10.0. The van der Waals surface area contributed by atoms with Gasteiger partial charge in [0.25, 0.3) is 10.1 Å². The second kappa shape index (κ2) is 12.4. The summed E-state index contributed by atoms with van der Waals surface area (Å²) in [5.74, 6) is 0.000833. The highest BCUT2D eigenvalue weighted by Gasteiger charge is 2.08. The smallest absolute Gasteiger partial charge is 0.223 e. The van der Waals surface area contributed by atoms with Crippen molar-refractivity contribution in [3.05, 3.63) is 12.7 Å². The molecule has 0 saturated carbocycles. The predicted octanol–water partition coefficient (Wildman–Crippen LogP) is 1.12. The van der Waals surface area contributed by atoms with Gasteiger partial charge in [0.1, 0.15) is 0 Å². The molecule has 0 amide bonds. The summed E-state index contributed by atoms with van der Waals surface area (Å²) in [7, 11) is -2.24. The minimum absolute atomic E-state index is 0. The standard InChI is InChI=1S/C4H10O4S.C3H6.Mg/c1-3-4-9(5,6)8-7-2;1-3-2;/h3-4H2,1-2H3;3H,1H2,2H3;. The molecule has 0 rings (SSSR count). The second-order valence-corrected chi connectivity index (χ2v) is 3.56. The fourth-order valence-corrected chi connectivity index (χ4v) is 1.16. The van der Waals surface area contributed by atoms with Crippen LogP contribution in [-0.2, 0) is 19.3 Å². The Labute approximate surface area is 96.5 Å². The zero-order valence-electron chi connectivity index (χ0n) is 8.45. The Hall–Kier alpha value is 0.376. The molecule has 0 aromatic heterocycles. The molecule has 2 radical (unpaired) electrons. The molecule has 0 aliphatic rings. The highest BCUT2D eigenvalue weighted by Crippen LogP contribution is 1.94. The molecule has 0 aromatic carbocycles. The van der Waals surface area contributed by atoms with Crippen molar-refractivity contribution >= 4 is 33.2 Å². The molecule has 76 valence electrons. The van der Waals surface area contributed by atoms with E-state index in [1.807, 2.05) is 6.92 Å². The van der Waals surface area contributed by atoms with Crippen molar-refractivity contribution in [3.8, 4) is 0 Å². The van der Waals surface area contributed by atoms with Crippen LogP contribution in [0.15, 0.2) is 12.7 Å². The number of allylic oxidation sites excluding steroid dienone is 1. The van der Waals surface area contributed by atoms with Crippen LogP contribution in [0.1, 0.15) is 20.3 Å². The maximum absolute atomic E-state index is 10.5. The van der Waals surface area contributed by atoms with Crippen LogP contribution in [0.3, 0.4) is 0 Å². The van der Waals surface area contributed by atoms with E-state index in [1.165, 1.54) is 0 Å². The largest absolute Gasteiger partial charge is 0.293 e. The average molecular weight is 221 g/mol. The van der Waals surface area contributed by atoms with Gasteiger partial charge >= 0.3 is 0 Å². The summed E-state index contributed by atoms with van der Waals surface area (Å²) in [5.41, 5.74) is 0. The molecule has 0 heterocycles. The molecule has 0 unspecified atom stereocenters. The van der Waals surface area contributed by atoms with Crippen molar-refractivity contribution in [1.82, 2.24) is 0 Å². The summed E-state index contributed by atoms with van der Waals surface area (Å²) in [5, 5.41) is 0. The van der Waals surface area contributed by atoms with Crippen molar-refractivity contribution < 1.29 is 17.6 Å². The average Bonchev–Trinajstić information content (AvgIpc) is 1.88. The lowest BCUT2D eigenvalue weighted by atomic mass is 10.6. The Morgan fingerprint density at radius 2 is 1.85 bits per heavy atom. The Balaban J connectivity index is -0.000000220. The lowest BCUT2D eigenvalue weighted by Crippen LogP contribution is -2.08. The number of hydrogen-bond acceptors (Lipinski definition) is 4. The molecule has 0 fully saturated rings. The van der Waals surface area contributed by atoms with Crippen LogP contribution in [0, 0.1) is 0 Å². The lowest BCUT2D eigenvalue weighted by molar-refractivity contribution is -0.172. The third-order valence-electron chi connectivity index (χ3n) is 0.626. The van der Waals surface area contributed by atoms with Crippen LogP contribution >= 0.6 is 0 Å². The minimum atomic E-state index is -3.40. The Morgan fingerprint density at radius 1 is 1.46 bits per heavy atom. The van der Waals surface area contributed by atoms with E-state index in [4.69, 9.17) is 0 Å². The van der Waals surface area contributed by atoms with Crippen LogP contribution in [0.25, 0.3) is 0 Å². The summed E-state index contributed by atoms with van der Waals surface area (Å²) in [6.45, 7) is 7.00. The van der Waals surface area contributed by atoms with Gasteiger partial charge in [-0.25, -0.2) is 4.89 Å².